The third kappa shape index (κ3) is 2.71. The lowest BCUT2D eigenvalue weighted by atomic mass is 10.1. The number of carbonyl (C=O) groups is 1. The number of rotatable bonds is 3. The molecule has 1 aromatic carbocycles. The zero-order valence-corrected chi connectivity index (χ0v) is 9.71. The number of amides is 1. The summed E-state index contributed by atoms with van der Waals surface area (Å²) in [5.41, 5.74) is -1.27. The van der Waals surface area contributed by atoms with Crippen molar-refractivity contribution in [3.63, 3.8) is 0 Å². The maximum atomic E-state index is 13.1. The molecule has 1 amide bonds. The molecule has 2 rings (SSSR count). The van der Waals surface area contributed by atoms with Gasteiger partial charge < -0.3 is 5.32 Å². The zero-order valence-electron chi connectivity index (χ0n) is 9.71. The van der Waals surface area contributed by atoms with Crippen LogP contribution in [0.5, 0.6) is 0 Å². The molecule has 0 saturated carbocycles. The fourth-order valence-corrected chi connectivity index (χ4v) is 1.43. The highest BCUT2D eigenvalue weighted by Gasteiger charge is 2.24. The van der Waals surface area contributed by atoms with Gasteiger partial charge in [-0.1, -0.05) is 0 Å². The lowest BCUT2D eigenvalue weighted by Crippen LogP contribution is -2.15. The van der Waals surface area contributed by atoms with E-state index in [2.05, 4.69) is 15.3 Å². The fourth-order valence-electron chi connectivity index (χ4n) is 1.43. The van der Waals surface area contributed by atoms with Crippen molar-refractivity contribution in [3.8, 4) is 0 Å². The Labute approximate surface area is 110 Å². The first-order chi connectivity index (χ1) is 9.49. The number of nitrogens with one attached hydrogen (secondary N) is 1. The zero-order chi connectivity index (χ0) is 14.7. The minimum Gasteiger partial charge on any atom is -0.319 e. The van der Waals surface area contributed by atoms with Crippen molar-refractivity contribution < 1.29 is 18.5 Å². The van der Waals surface area contributed by atoms with Gasteiger partial charge in [-0.15, -0.1) is 0 Å². The van der Waals surface area contributed by atoms with Crippen molar-refractivity contribution in [3.05, 3.63) is 58.2 Å². The largest absolute Gasteiger partial charge is 0.319 e. The Bertz CT molecular complexity index is 679. The van der Waals surface area contributed by atoms with Crippen molar-refractivity contribution in [1.82, 2.24) is 9.97 Å². The molecule has 7 nitrogen and oxygen atoms in total. The molecule has 0 atom stereocenters. The first-order valence-electron chi connectivity index (χ1n) is 5.19. The molecular weight excluding hydrogens is 274 g/mol. The van der Waals surface area contributed by atoms with Crippen LogP contribution in [0, 0.1) is 21.7 Å². The van der Waals surface area contributed by atoms with E-state index in [4.69, 9.17) is 0 Å². The Balaban J connectivity index is 2.39. The Morgan fingerprint density at radius 3 is 2.40 bits per heavy atom. The van der Waals surface area contributed by atoms with Gasteiger partial charge >= 0.3 is 0 Å². The van der Waals surface area contributed by atoms with Crippen LogP contribution in [0.4, 0.5) is 20.2 Å². The van der Waals surface area contributed by atoms with Gasteiger partial charge in [-0.05, 0) is 6.07 Å². The second-order valence-corrected chi connectivity index (χ2v) is 3.62. The van der Waals surface area contributed by atoms with E-state index in [0.717, 1.165) is 0 Å². The number of carbonyl (C=O) groups excluding carboxylic acids is 1. The van der Waals surface area contributed by atoms with Crippen LogP contribution in [-0.4, -0.2) is 20.8 Å². The van der Waals surface area contributed by atoms with Crippen LogP contribution in [0.3, 0.4) is 0 Å². The highest BCUT2D eigenvalue weighted by atomic mass is 19.2. The van der Waals surface area contributed by atoms with Gasteiger partial charge in [0.1, 0.15) is 11.9 Å². The molecule has 0 bridgehead atoms. The fraction of sp³-hybridized carbons (Fsp3) is 0. The van der Waals surface area contributed by atoms with E-state index in [-0.39, 0.29) is 5.69 Å². The molecule has 0 fully saturated rings. The molecule has 20 heavy (non-hydrogen) atoms. The molecule has 1 aromatic heterocycles. The molecular formula is C11H6F2N4O3. The average Bonchev–Trinajstić information content (AvgIpc) is 2.42. The molecule has 9 heteroatoms. The van der Waals surface area contributed by atoms with Crippen molar-refractivity contribution >= 4 is 17.3 Å². The predicted octanol–water partition coefficient (Wildman–Crippen LogP) is 1.92. The normalized spacial score (nSPS) is 10.1. The van der Waals surface area contributed by atoms with Crippen LogP contribution in [0.2, 0.25) is 0 Å². The van der Waals surface area contributed by atoms with Gasteiger partial charge in [0.15, 0.2) is 11.6 Å². The summed E-state index contributed by atoms with van der Waals surface area (Å²) >= 11 is 0. The summed E-state index contributed by atoms with van der Waals surface area (Å²) in [7, 11) is 0. The van der Waals surface area contributed by atoms with Crippen LogP contribution < -0.4 is 5.32 Å². The van der Waals surface area contributed by atoms with E-state index in [0.29, 0.717) is 12.1 Å². The number of halogens is 2. The number of nitro benzene ring substituents is 1. The number of hydrogen-bond donors (Lipinski definition) is 1. The molecule has 102 valence electrons. The summed E-state index contributed by atoms with van der Waals surface area (Å²) in [5.74, 6) is -3.73. The maximum Gasteiger partial charge on any atom is 0.285 e. The van der Waals surface area contributed by atoms with E-state index in [1.807, 2.05) is 0 Å². The summed E-state index contributed by atoms with van der Waals surface area (Å²) < 4.78 is 26.1. The number of anilines is 1. The van der Waals surface area contributed by atoms with Gasteiger partial charge in [0.2, 0.25) is 0 Å². The Morgan fingerprint density at radius 2 is 1.80 bits per heavy atom. The molecule has 0 aliphatic rings. The van der Waals surface area contributed by atoms with Crippen LogP contribution in [0.25, 0.3) is 0 Å². The average molecular weight is 280 g/mol. The van der Waals surface area contributed by atoms with Crippen molar-refractivity contribution in [2.45, 2.75) is 0 Å². The van der Waals surface area contributed by atoms with Crippen LogP contribution in [0.1, 0.15) is 10.4 Å². The first kappa shape index (κ1) is 13.5. The van der Waals surface area contributed by atoms with E-state index in [9.17, 15) is 23.7 Å². The summed E-state index contributed by atoms with van der Waals surface area (Å²) in [5, 5.41) is 13.0. The number of benzene rings is 1. The van der Waals surface area contributed by atoms with Crippen molar-refractivity contribution in [2.24, 2.45) is 0 Å². The lowest BCUT2D eigenvalue weighted by Gasteiger charge is -2.05. The first-order valence-corrected chi connectivity index (χ1v) is 5.19. The molecule has 0 saturated heterocycles. The summed E-state index contributed by atoms with van der Waals surface area (Å²) in [6.45, 7) is 0. The minimum absolute atomic E-state index is 0.163. The maximum absolute atomic E-state index is 13.1. The summed E-state index contributed by atoms with van der Waals surface area (Å²) in [6, 6.07) is 0.818. The molecule has 2 aromatic rings. The van der Waals surface area contributed by atoms with Crippen LogP contribution >= 0.6 is 0 Å². The molecule has 0 aliphatic carbocycles. The number of aromatic nitrogens is 2. The van der Waals surface area contributed by atoms with Gasteiger partial charge in [-0.25, -0.2) is 18.7 Å². The molecule has 0 spiro atoms. The number of nitrogens with zero attached hydrogens (tertiary/aromatic N) is 3. The SMILES string of the molecule is O=C(Nc1cncnc1)c1cc(F)c(F)cc1[N+](=O)[O-]. The van der Waals surface area contributed by atoms with Gasteiger partial charge in [-0.2, -0.15) is 0 Å². The second-order valence-electron chi connectivity index (χ2n) is 3.62. The topological polar surface area (TPSA) is 98.0 Å². The lowest BCUT2D eigenvalue weighted by molar-refractivity contribution is -0.385. The highest BCUT2D eigenvalue weighted by molar-refractivity contribution is 6.06. The van der Waals surface area contributed by atoms with E-state index >= 15 is 0 Å². The molecule has 1 heterocycles. The van der Waals surface area contributed by atoms with Gasteiger partial charge in [0.25, 0.3) is 11.6 Å². The number of hydrogen-bond acceptors (Lipinski definition) is 5. The molecule has 0 radical (unpaired) electrons. The van der Waals surface area contributed by atoms with Gasteiger partial charge in [0, 0.05) is 0 Å². The Morgan fingerprint density at radius 1 is 1.20 bits per heavy atom. The highest BCUT2D eigenvalue weighted by Crippen LogP contribution is 2.23. The molecule has 1 N–H and O–H groups in total. The molecule has 0 aliphatic heterocycles. The van der Waals surface area contributed by atoms with E-state index in [1.165, 1.54) is 18.7 Å². The van der Waals surface area contributed by atoms with E-state index < -0.39 is 33.7 Å². The monoisotopic (exact) mass is 280 g/mol. The third-order valence-electron chi connectivity index (χ3n) is 2.30. The minimum atomic E-state index is -1.41. The summed E-state index contributed by atoms with van der Waals surface area (Å²) in [6.07, 6.45) is 3.71. The Kier molecular flexibility index (Phi) is 3.60. The van der Waals surface area contributed by atoms with Crippen LogP contribution in [0.15, 0.2) is 30.9 Å². The third-order valence-corrected chi connectivity index (χ3v) is 2.30. The van der Waals surface area contributed by atoms with Crippen molar-refractivity contribution in [2.75, 3.05) is 5.32 Å². The quantitative estimate of drug-likeness (QED) is 0.684. The van der Waals surface area contributed by atoms with Gasteiger partial charge in [0.05, 0.1) is 29.1 Å². The van der Waals surface area contributed by atoms with Crippen LogP contribution in [-0.2, 0) is 0 Å². The number of nitro groups is 1. The predicted molar refractivity (Wildman–Crippen MR) is 63.0 cm³/mol. The Hall–Kier alpha value is -2.97. The summed E-state index contributed by atoms with van der Waals surface area (Å²) in [4.78, 5) is 28.9. The second kappa shape index (κ2) is 5.34. The smallest absolute Gasteiger partial charge is 0.285 e. The molecule has 0 unspecified atom stereocenters. The van der Waals surface area contributed by atoms with Gasteiger partial charge in [-0.3, -0.25) is 14.9 Å². The van der Waals surface area contributed by atoms with E-state index in [1.54, 1.807) is 0 Å². The van der Waals surface area contributed by atoms with Crippen molar-refractivity contribution in [1.29, 1.82) is 0 Å². The standard InChI is InChI=1S/C11H6F2N4O3/c12-8-1-7(10(17(19)20)2-9(8)13)11(18)16-6-3-14-5-15-4-6/h1-5H,(H,16,18).